The summed E-state index contributed by atoms with van der Waals surface area (Å²) in [6.45, 7) is 0.354. The Labute approximate surface area is 130 Å². The van der Waals surface area contributed by atoms with Crippen molar-refractivity contribution in [1.82, 2.24) is 4.90 Å². The van der Waals surface area contributed by atoms with E-state index < -0.39 is 5.51 Å². The number of ether oxygens (including phenoxy) is 1. The predicted molar refractivity (Wildman–Crippen MR) is 76.6 cm³/mol. The van der Waals surface area contributed by atoms with Gasteiger partial charge in [-0.2, -0.15) is 13.2 Å². The summed E-state index contributed by atoms with van der Waals surface area (Å²) in [5.74, 6) is -0.664. The maximum Gasteiger partial charge on any atom is 0.446 e. The molecule has 22 heavy (non-hydrogen) atoms. The number of halogens is 3. The van der Waals surface area contributed by atoms with Gasteiger partial charge in [0, 0.05) is 30.5 Å². The van der Waals surface area contributed by atoms with E-state index in [1.807, 2.05) is 0 Å². The van der Waals surface area contributed by atoms with Crippen molar-refractivity contribution in [3.63, 3.8) is 0 Å². The molecular weight excluding hydrogens is 319 g/mol. The van der Waals surface area contributed by atoms with Crippen LogP contribution in [-0.4, -0.2) is 43.0 Å². The van der Waals surface area contributed by atoms with Crippen LogP contribution in [0.5, 0.6) is 0 Å². The number of thioether (sulfide) groups is 1. The van der Waals surface area contributed by atoms with Gasteiger partial charge in [0.2, 0.25) is 0 Å². The largest absolute Gasteiger partial charge is 0.469 e. The predicted octanol–water partition coefficient (Wildman–Crippen LogP) is 3.32. The number of methoxy groups -OCH3 is 1. The van der Waals surface area contributed by atoms with Gasteiger partial charge in [-0.05, 0) is 42.4 Å². The molecule has 1 rings (SSSR count). The molecule has 8 heteroatoms. The van der Waals surface area contributed by atoms with Gasteiger partial charge in [-0.1, -0.05) is 0 Å². The lowest BCUT2D eigenvalue weighted by Crippen LogP contribution is -2.28. The molecule has 0 heterocycles. The summed E-state index contributed by atoms with van der Waals surface area (Å²) in [6.07, 6.45) is 0.659. The van der Waals surface area contributed by atoms with Crippen LogP contribution in [0.25, 0.3) is 0 Å². The zero-order valence-electron chi connectivity index (χ0n) is 12.1. The van der Waals surface area contributed by atoms with Crippen molar-refractivity contribution >= 4 is 23.6 Å². The van der Waals surface area contributed by atoms with Crippen LogP contribution in [0.3, 0.4) is 0 Å². The van der Waals surface area contributed by atoms with Crippen LogP contribution >= 0.6 is 11.8 Å². The van der Waals surface area contributed by atoms with Crippen LogP contribution in [0.2, 0.25) is 0 Å². The Morgan fingerprint density at radius 3 is 2.32 bits per heavy atom. The number of alkyl halides is 3. The molecule has 0 bridgehead atoms. The highest BCUT2D eigenvalue weighted by molar-refractivity contribution is 8.00. The Hall–Kier alpha value is -1.70. The van der Waals surface area contributed by atoms with Crippen molar-refractivity contribution < 1.29 is 27.5 Å². The van der Waals surface area contributed by atoms with Gasteiger partial charge in [0.25, 0.3) is 5.91 Å². The van der Waals surface area contributed by atoms with Crippen molar-refractivity contribution in [1.29, 1.82) is 0 Å². The number of hydrogen-bond donors (Lipinski definition) is 0. The van der Waals surface area contributed by atoms with E-state index in [0.29, 0.717) is 18.5 Å². The molecule has 0 radical (unpaired) electrons. The number of hydrogen-bond acceptors (Lipinski definition) is 4. The second-order valence-electron chi connectivity index (χ2n) is 4.48. The summed E-state index contributed by atoms with van der Waals surface area (Å²) < 4.78 is 41.1. The fourth-order valence-corrected chi connectivity index (χ4v) is 2.22. The monoisotopic (exact) mass is 335 g/mol. The van der Waals surface area contributed by atoms with Gasteiger partial charge >= 0.3 is 11.5 Å². The van der Waals surface area contributed by atoms with Crippen molar-refractivity contribution in [2.75, 3.05) is 20.7 Å². The third-order valence-electron chi connectivity index (χ3n) is 2.78. The summed E-state index contributed by atoms with van der Waals surface area (Å²) in [4.78, 5) is 24.5. The molecule has 0 aliphatic heterocycles. The molecule has 1 aromatic rings. The van der Waals surface area contributed by atoms with Gasteiger partial charge in [0.15, 0.2) is 0 Å². The lowest BCUT2D eigenvalue weighted by molar-refractivity contribution is -0.140. The maximum absolute atomic E-state index is 12.2. The second-order valence-corrected chi connectivity index (χ2v) is 5.62. The molecular formula is C14H16F3NO3S. The number of benzene rings is 1. The summed E-state index contributed by atoms with van der Waals surface area (Å²) >= 11 is -0.227. The average molecular weight is 335 g/mol. The van der Waals surface area contributed by atoms with E-state index in [1.54, 1.807) is 7.05 Å². The molecule has 1 aromatic carbocycles. The van der Waals surface area contributed by atoms with Crippen LogP contribution < -0.4 is 0 Å². The zero-order chi connectivity index (χ0) is 16.8. The minimum atomic E-state index is -4.35. The number of carbonyl (C=O) groups is 2. The number of amides is 1. The Morgan fingerprint density at radius 2 is 1.82 bits per heavy atom. The van der Waals surface area contributed by atoms with Crippen molar-refractivity contribution in [3.05, 3.63) is 29.8 Å². The van der Waals surface area contributed by atoms with Gasteiger partial charge < -0.3 is 9.64 Å². The van der Waals surface area contributed by atoms with E-state index in [4.69, 9.17) is 0 Å². The zero-order valence-corrected chi connectivity index (χ0v) is 13.0. The highest BCUT2D eigenvalue weighted by Gasteiger charge is 2.29. The molecule has 0 aliphatic carbocycles. The molecule has 4 nitrogen and oxygen atoms in total. The third-order valence-corrected chi connectivity index (χ3v) is 3.52. The Bertz CT molecular complexity index is 517. The summed E-state index contributed by atoms with van der Waals surface area (Å²) in [7, 11) is 2.86. The number of nitrogens with zero attached hydrogens (tertiary/aromatic N) is 1. The SMILES string of the molecule is COC(=O)CCCN(C)C(=O)c1ccc(SC(F)(F)F)cc1. The summed E-state index contributed by atoms with van der Waals surface area (Å²) in [6, 6.07) is 5.22. The Balaban J connectivity index is 2.56. The van der Waals surface area contributed by atoms with Crippen molar-refractivity contribution in [3.8, 4) is 0 Å². The lowest BCUT2D eigenvalue weighted by atomic mass is 10.2. The van der Waals surface area contributed by atoms with E-state index in [-0.39, 0.29) is 35.0 Å². The fraction of sp³-hybridized carbons (Fsp3) is 0.429. The number of carbonyl (C=O) groups excluding carboxylic acids is 2. The van der Waals surface area contributed by atoms with Crippen LogP contribution in [0.1, 0.15) is 23.2 Å². The van der Waals surface area contributed by atoms with Gasteiger partial charge in [0.05, 0.1) is 7.11 Å². The molecule has 0 spiro atoms. The van der Waals surface area contributed by atoms with Crippen LogP contribution in [0.15, 0.2) is 29.2 Å². The smallest absolute Gasteiger partial charge is 0.446 e. The normalized spacial score (nSPS) is 11.1. The molecule has 0 aromatic heterocycles. The van der Waals surface area contributed by atoms with Crippen LogP contribution in [0, 0.1) is 0 Å². The highest BCUT2D eigenvalue weighted by atomic mass is 32.2. The van der Waals surface area contributed by atoms with Gasteiger partial charge in [-0.15, -0.1) is 0 Å². The molecule has 0 saturated carbocycles. The minimum Gasteiger partial charge on any atom is -0.469 e. The quantitative estimate of drug-likeness (QED) is 0.591. The molecule has 0 unspecified atom stereocenters. The third kappa shape index (κ3) is 6.38. The van der Waals surface area contributed by atoms with E-state index in [1.165, 1.54) is 36.3 Å². The second kappa shape index (κ2) is 8.07. The first kappa shape index (κ1) is 18.3. The standard InChI is InChI=1S/C14H16F3NO3S/c1-18(9-3-4-12(19)21-2)13(20)10-5-7-11(8-6-10)22-14(15,16)17/h5-8H,3-4,9H2,1-2H3. The summed E-state index contributed by atoms with van der Waals surface area (Å²) in [5, 5.41) is 0. The van der Waals surface area contributed by atoms with E-state index in [0.717, 1.165) is 0 Å². The van der Waals surface area contributed by atoms with Crippen LogP contribution in [0.4, 0.5) is 13.2 Å². The van der Waals surface area contributed by atoms with E-state index in [9.17, 15) is 22.8 Å². The van der Waals surface area contributed by atoms with E-state index >= 15 is 0 Å². The first-order valence-electron chi connectivity index (χ1n) is 6.41. The number of rotatable bonds is 6. The van der Waals surface area contributed by atoms with Gasteiger partial charge in [0.1, 0.15) is 0 Å². The molecule has 0 saturated heterocycles. The average Bonchev–Trinajstić information content (AvgIpc) is 2.45. The Kier molecular flexibility index (Phi) is 6.73. The Morgan fingerprint density at radius 1 is 1.23 bits per heavy atom. The first-order valence-corrected chi connectivity index (χ1v) is 7.22. The molecule has 0 N–H and O–H groups in total. The summed E-state index contributed by atoms with van der Waals surface area (Å²) in [5.41, 5.74) is -4.05. The maximum atomic E-state index is 12.2. The molecule has 1 amide bonds. The van der Waals surface area contributed by atoms with Crippen molar-refractivity contribution in [2.45, 2.75) is 23.2 Å². The fourth-order valence-electron chi connectivity index (χ4n) is 1.68. The first-order chi connectivity index (χ1) is 10.2. The van der Waals surface area contributed by atoms with Gasteiger partial charge in [-0.3, -0.25) is 9.59 Å². The lowest BCUT2D eigenvalue weighted by Gasteiger charge is -2.17. The molecule has 0 aliphatic rings. The number of esters is 1. The minimum absolute atomic E-state index is 0.0254. The topological polar surface area (TPSA) is 46.6 Å². The molecule has 122 valence electrons. The van der Waals surface area contributed by atoms with E-state index in [2.05, 4.69) is 4.74 Å². The van der Waals surface area contributed by atoms with Crippen molar-refractivity contribution in [2.24, 2.45) is 0 Å². The highest BCUT2D eigenvalue weighted by Crippen LogP contribution is 2.36. The molecule has 0 atom stereocenters. The molecule has 0 fully saturated rings. The van der Waals surface area contributed by atoms with Crippen LogP contribution in [-0.2, 0) is 9.53 Å². The van der Waals surface area contributed by atoms with Gasteiger partial charge in [-0.25, -0.2) is 0 Å².